The maximum atomic E-state index is 6.39. The minimum atomic E-state index is 0.915. The third kappa shape index (κ3) is 4.12. The molecule has 3 aromatic heterocycles. The normalized spacial score (nSPS) is 11.9. The van der Waals surface area contributed by atoms with Crippen molar-refractivity contribution in [2.45, 2.75) is 0 Å². The molecule has 3 heteroatoms. The minimum absolute atomic E-state index is 0.915. The lowest BCUT2D eigenvalue weighted by atomic mass is 9.98. The average molecular weight is 651 g/mol. The van der Waals surface area contributed by atoms with Crippen LogP contribution in [0.15, 0.2) is 186 Å². The Morgan fingerprint density at radius 1 is 0.333 bits per heavy atom. The molecule has 3 nitrogen and oxygen atoms in total. The smallest absolute Gasteiger partial charge is 0.143 e. The Bertz CT molecular complexity index is 3120. The molecule has 0 atom stereocenters. The van der Waals surface area contributed by atoms with Crippen LogP contribution in [0.1, 0.15) is 0 Å². The molecule has 0 spiro atoms. The number of rotatable bonds is 4. The first-order chi connectivity index (χ1) is 25.3. The first-order valence-electron chi connectivity index (χ1n) is 17.4. The van der Waals surface area contributed by atoms with E-state index in [1.54, 1.807) is 0 Å². The van der Waals surface area contributed by atoms with Crippen LogP contribution in [0.4, 0.5) is 0 Å². The van der Waals surface area contributed by atoms with Crippen LogP contribution in [0.2, 0.25) is 0 Å². The Hall–Kier alpha value is -6.84. The van der Waals surface area contributed by atoms with E-state index in [9.17, 15) is 0 Å². The zero-order chi connectivity index (χ0) is 33.5. The topological polar surface area (TPSA) is 23.0 Å². The number of furan rings is 1. The van der Waals surface area contributed by atoms with Crippen molar-refractivity contribution in [3.05, 3.63) is 182 Å². The standard InChI is InChI=1S/C48H30N2O/c1-2-12-33(13-3-1)49-43-21-8-5-16-41(43)47-35(17-11-22-44(47)49)32-26-29-38-37-14-4-7-20-42(37)50(45(38)30-32)34-27-24-31(25-28-34)36-18-10-19-40-39-15-6-9-23-46(39)51-48(36)40/h1-30H. The zero-order valence-electron chi connectivity index (χ0n) is 27.6. The molecule has 0 radical (unpaired) electrons. The lowest BCUT2D eigenvalue weighted by Gasteiger charge is -2.11. The molecule has 3 heterocycles. The van der Waals surface area contributed by atoms with Crippen LogP contribution in [0.3, 0.4) is 0 Å². The quantitative estimate of drug-likeness (QED) is 0.186. The van der Waals surface area contributed by atoms with Gasteiger partial charge in [0.15, 0.2) is 0 Å². The average Bonchev–Trinajstić information content (AvgIpc) is 3.86. The summed E-state index contributed by atoms with van der Waals surface area (Å²) >= 11 is 0. The lowest BCUT2D eigenvalue weighted by Crippen LogP contribution is -1.94. The maximum Gasteiger partial charge on any atom is 0.143 e. The minimum Gasteiger partial charge on any atom is -0.455 e. The number of para-hydroxylation sites is 5. The van der Waals surface area contributed by atoms with Crippen LogP contribution >= 0.6 is 0 Å². The lowest BCUT2D eigenvalue weighted by molar-refractivity contribution is 0.670. The monoisotopic (exact) mass is 650 g/mol. The van der Waals surface area contributed by atoms with E-state index in [2.05, 4.69) is 179 Å². The van der Waals surface area contributed by atoms with E-state index in [0.717, 1.165) is 44.4 Å². The molecule has 0 aliphatic carbocycles. The summed E-state index contributed by atoms with van der Waals surface area (Å²) in [7, 11) is 0. The molecule has 0 amide bonds. The van der Waals surface area contributed by atoms with E-state index in [-0.39, 0.29) is 0 Å². The summed E-state index contributed by atoms with van der Waals surface area (Å²) in [6, 6.07) is 65.5. The molecule has 0 saturated carbocycles. The predicted octanol–water partition coefficient (Wildman–Crippen LogP) is 13.1. The van der Waals surface area contributed by atoms with Crippen LogP contribution < -0.4 is 0 Å². The van der Waals surface area contributed by atoms with Crippen molar-refractivity contribution in [1.82, 2.24) is 9.13 Å². The summed E-state index contributed by atoms with van der Waals surface area (Å²) in [6.45, 7) is 0. The van der Waals surface area contributed by atoms with Crippen molar-refractivity contribution in [3.63, 3.8) is 0 Å². The van der Waals surface area contributed by atoms with E-state index in [0.29, 0.717) is 0 Å². The van der Waals surface area contributed by atoms with Crippen molar-refractivity contribution in [1.29, 1.82) is 0 Å². The number of benzene rings is 8. The van der Waals surface area contributed by atoms with E-state index in [1.807, 2.05) is 12.1 Å². The van der Waals surface area contributed by atoms with Crippen molar-refractivity contribution in [3.8, 4) is 33.6 Å². The summed E-state index contributed by atoms with van der Waals surface area (Å²) in [5, 5.41) is 7.29. The zero-order valence-corrected chi connectivity index (χ0v) is 27.6. The van der Waals surface area contributed by atoms with Gasteiger partial charge in [-0.25, -0.2) is 0 Å². The molecule has 11 rings (SSSR count). The summed E-state index contributed by atoms with van der Waals surface area (Å²) in [4.78, 5) is 0. The highest BCUT2D eigenvalue weighted by molar-refractivity contribution is 6.17. The van der Waals surface area contributed by atoms with Gasteiger partial charge in [-0.15, -0.1) is 0 Å². The first-order valence-corrected chi connectivity index (χ1v) is 17.4. The van der Waals surface area contributed by atoms with E-state index in [1.165, 1.54) is 54.7 Å². The van der Waals surface area contributed by atoms with Gasteiger partial charge in [-0.3, -0.25) is 0 Å². The van der Waals surface area contributed by atoms with Gasteiger partial charge in [0.2, 0.25) is 0 Å². The number of hydrogen-bond acceptors (Lipinski definition) is 1. The van der Waals surface area contributed by atoms with Crippen LogP contribution in [-0.2, 0) is 0 Å². The highest BCUT2D eigenvalue weighted by atomic mass is 16.3. The Kier molecular flexibility index (Phi) is 5.96. The summed E-state index contributed by atoms with van der Waals surface area (Å²) in [6.07, 6.45) is 0. The molecule has 0 unspecified atom stereocenters. The number of hydrogen-bond donors (Lipinski definition) is 0. The Morgan fingerprint density at radius 2 is 0.902 bits per heavy atom. The second-order valence-electron chi connectivity index (χ2n) is 13.3. The van der Waals surface area contributed by atoms with E-state index < -0.39 is 0 Å². The second kappa shape index (κ2) is 10.8. The Labute approximate surface area is 293 Å². The van der Waals surface area contributed by atoms with Gasteiger partial charge in [-0.2, -0.15) is 0 Å². The molecular formula is C48H30N2O. The van der Waals surface area contributed by atoms with E-state index in [4.69, 9.17) is 4.42 Å². The fraction of sp³-hybridized carbons (Fsp3) is 0. The van der Waals surface area contributed by atoms with Crippen molar-refractivity contribution >= 4 is 65.6 Å². The first kappa shape index (κ1) is 28.0. The molecule has 11 aromatic rings. The molecule has 0 fully saturated rings. The van der Waals surface area contributed by atoms with Crippen molar-refractivity contribution in [2.24, 2.45) is 0 Å². The number of nitrogens with zero attached hydrogens (tertiary/aromatic N) is 2. The maximum absolute atomic E-state index is 6.39. The Morgan fingerprint density at radius 3 is 1.75 bits per heavy atom. The third-order valence-electron chi connectivity index (χ3n) is 10.5. The number of aromatic nitrogens is 2. The van der Waals surface area contributed by atoms with Crippen LogP contribution in [-0.4, -0.2) is 9.13 Å². The SMILES string of the molecule is c1ccc(-n2c3ccccc3c3c(-c4ccc5c6ccccc6n(-c6ccc(-c7cccc8c7oc7ccccc78)cc6)c5c4)cccc32)cc1. The molecule has 0 N–H and O–H groups in total. The largest absolute Gasteiger partial charge is 0.455 e. The summed E-state index contributed by atoms with van der Waals surface area (Å²) < 4.78 is 11.2. The fourth-order valence-corrected chi connectivity index (χ4v) is 8.30. The van der Waals surface area contributed by atoms with Gasteiger partial charge in [0, 0.05) is 49.3 Å². The highest BCUT2D eigenvalue weighted by Crippen LogP contribution is 2.41. The van der Waals surface area contributed by atoms with Crippen LogP contribution in [0.5, 0.6) is 0 Å². The van der Waals surface area contributed by atoms with Gasteiger partial charge in [-0.1, -0.05) is 127 Å². The molecule has 0 bridgehead atoms. The summed E-state index contributed by atoms with van der Waals surface area (Å²) in [5.41, 5.74) is 13.6. The molecule has 238 valence electrons. The highest BCUT2D eigenvalue weighted by Gasteiger charge is 2.19. The fourth-order valence-electron chi connectivity index (χ4n) is 8.30. The third-order valence-corrected chi connectivity index (χ3v) is 10.5. The second-order valence-corrected chi connectivity index (χ2v) is 13.3. The number of fused-ring (bicyclic) bond motifs is 9. The molecule has 0 aliphatic rings. The van der Waals surface area contributed by atoms with Crippen molar-refractivity contribution in [2.75, 3.05) is 0 Å². The summed E-state index contributed by atoms with van der Waals surface area (Å²) in [5.74, 6) is 0. The van der Waals surface area contributed by atoms with Gasteiger partial charge in [0.05, 0.1) is 22.1 Å². The van der Waals surface area contributed by atoms with Gasteiger partial charge in [0.25, 0.3) is 0 Å². The van der Waals surface area contributed by atoms with Crippen molar-refractivity contribution < 1.29 is 4.42 Å². The molecular weight excluding hydrogens is 621 g/mol. The van der Waals surface area contributed by atoms with Gasteiger partial charge >= 0.3 is 0 Å². The van der Waals surface area contributed by atoms with Gasteiger partial charge < -0.3 is 13.6 Å². The van der Waals surface area contributed by atoms with E-state index >= 15 is 0 Å². The Balaban J connectivity index is 1.10. The molecule has 51 heavy (non-hydrogen) atoms. The molecule has 0 aliphatic heterocycles. The van der Waals surface area contributed by atoms with Crippen LogP contribution in [0.25, 0.3) is 99.2 Å². The molecule has 0 saturated heterocycles. The predicted molar refractivity (Wildman–Crippen MR) is 213 cm³/mol. The van der Waals surface area contributed by atoms with Gasteiger partial charge in [0.1, 0.15) is 11.2 Å². The molecule has 8 aromatic carbocycles. The van der Waals surface area contributed by atoms with Gasteiger partial charge in [-0.05, 0) is 71.3 Å². The van der Waals surface area contributed by atoms with Crippen LogP contribution in [0, 0.1) is 0 Å².